The molecule has 0 aliphatic carbocycles. The van der Waals surface area contributed by atoms with Gasteiger partial charge in [0.1, 0.15) is 0 Å². The quantitative estimate of drug-likeness (QED) is 0.613. The van der Waals surface area contributed by atoms with E-state index < -0.39 is 6.09 Å². The topological polar surface area (TPSA) is 93.2 Å². The first-order valence-corrected chi connectivity index (χ1v) is 8.64. The lowest BCUT2D eigenvalue weighted by Crippen LogP contribution is -2.14. The van der Waals surface area contributed by atoms with E-state index in [4.69, 9.17) is 4.74 Å². The molecule has 9 heteroatoms. The first-order valence-electron chi connectivity index (χ1n) is 6.84. The van der Waals surface area contributed by atoms with Crippen LogP contribution in [0.3, 0.4) is 0 Å². The molecule has 0 bridgehead atoms. The summed E-state index contributed by atoms with van der Waals surface area (Å²) in [6.45, 7) is 3.93. The van der Waals surface area contributed by atoms with E-state index in [-0.39, 0.29) is 18.3 Å². The highest BCUT2D eigenvalue weighted by molar-refractivity contribution is 8.01. The summed E-state index contributed by atoms with van der Waals surface area (Å²) in [6, 6.07) is 7.57. The van der Waals surface area contributed by atoms with Crippen LogP contribution in [0.4, 0.5) is 15.6 Å². The third kappa shape index (κ3) is 5.53. The Morgan fingerprint density at radius 1 is 1.26 bits per heavy atom. The van der Waals surface area contributed by atoms with Gasteiger partial charge < -0.3 is 10.1 Å². The zero-order valence-electron chi connectivity index (χ0n) is 12.7. The number of nitrogens with zero attached hydrogens (tertiary/aromatic N) is 2. The predicted molar refractivity (Wildman–Crippen MR) is 91.1 cm³/mol. The Morgan fingerprint density at radius 2 is 2.04 bits per heavy atom. The van der Waals surface area contributed by atoms with Gasteiger partial charge in [0, 0.05) is 5.69 Å². The Kier molecular flexibility index (Phi) is 6.36. The molecule has 122 valence electrons. The fourth-order valence-corrected chi connectivity index (χ4v) is 3.14. The van der Waals surface area contributed by atoms with Gasteiger partial charge in [0.25, 0.3) is 0 Å². The summed E-state index contributed by atoms with van der Waals surface area (Å²) >= 11 is 2.44. The maximum absolute atomic E-state index is 11.9. The molecule has 2 aromatic rings. The Labute approximate surface area is 141 Å². The third-order valence-electron chi connectivity index (χ3n) is 2.64. The molecular weight excluding hydrogens is 336 g/mol. The number of rotatable bonds is 6. The number of aryl methyl sites for hydroxylation is 1. The van der Waals surface area contributed by atoms with Gasteiger partial charge in [0.15, 0.2) is 4.34 Å². The van der Waals surface area contributed by atoms with Crippen molar-refractivity contribution in [1.82, 2.24) is 10.2 Å². The van der Waals surface area contributed by atoms with E-state index in [9.17, 15) is 9.59 Å². The molecule has 0 fully saturated rings. The Balaban J connectivity index is 1.82. The van der Waals surface area contributed by atoms with E-state index in [1.54, 1.807) is 6.92 Å². The van der Waals surface area contributed by atoms with Crippen LogP contribution >= 0.6 is 23.1 Å². The number of carbonyl (C=O) groups excluding carboxylic acids is 2. The molecule has 0 aliphatic rings. The fraction of sp³-hybridized carbons (Fsp3) is 0.286. The van der Waals surface area contributed by atoms with E-state index in [0.29, 0.717) is 9.47 Å². The van der Waals surface area contributed by atoms with Crippen LogP contribution in [0.5, 0.6) is 0 Å². The fourth-order valence-electron chi connectivity index (χ4n) is 1.60. The van der Waals surface area contributed by atoms with Crippen LogP contribution in [-0.2, 0) is 9.53 Å². The molecule has 0 atom stereocenters. The number of aromatic nitrogens is 2. The van der Waals surface area contributed by atoms with Crippen LogP contribution in [0.1, 0.15) is 12.5 Å². The summed E-state index contributed by atoms with van der Waals surface area (Å²) in [5, 5.41) is 13.4. The van der Waals surface area contributed by atoms with Gasteiger partial charge in [0.05, 0.1) is 12.4 Å². The molecule has 2 N–H and O–H groups in total. The number of benzene rings is 1. The van der Waals surface area contributed by atoms with Crippen LogP contribution in [0.2, 0.25) is 0 Å². The van der Waals surface area contributed by atoms with E-state index in [2.05, 4.69) is 20.8 Å². The first kappa shape index (κ1) is 17.2. The van der Waals surface area contributed by atoms with Crippen molar-refractivity contribution in [2.24, 2.45) is 0 Å². The molecular formula is C14H16N4O3S2. The Hall–Kier alpha value is -2.13. The molecule has 0 spiro atoms. The van der Waals surface area contributed by atoms with Gasteiger partial charge >= 0.3 is 6.09 Å². The number of nitrogens with one attached hydrogen (secondary N) is 2. The van der Waals surface area contributed by atoms with Gasteiger partial charge in [0.2, 0.25) is 11.0 Å². The molecule has 2 rings (SSSR count). The molecule has 1 heterocycles. The third-order valence-corrected chi connectivity index (χ3v) is 4.61. The first-order chi connectivity index (χ1) is 11.1. The van der Waals surface area contributed by atoms with Crippen molar-refractivity contribution < 1.29 is 14.3 Å². The molecule has 0 saturated carbocycles. The highest BCUT2D eigenvalue weighted by atomic mass is 32.2. The lowest BCUT2D eigenvalue weighted by atomic mass is 10.2. The molecule has 23 heavy (non-hydrogen) atoms. The number of carbonyl (C=O) groups is 2. The highest BCUT2D eigenvalue weighted by Gasteiger charge is 2.11. The van der Waals surface area contributed by atoms with Crippen molar-refractivity contribution in [3.63, 3.8) is 0 Å². The minimum atomic E-state index is -0.572. The standard InChI is InChI=1S/C14H16N4O3S2/c1-3-21-13(20)16-12-17-18-14(23-12)22-8-11(19)15-10-7-5-4-6-9(10)2/h4-7H,3,8H2,1-2H3,(H,15,19)(H,16,17,20). The average molecular weight is 352 g/mol. The maximum Gasteiger partial charge on any atom is 0.413 e. The van der Waals surface area contributed by atoms with Crippen LogP contribution in [0.25, 0.3) is 0 Å². The second-order valence-corrected chi connectivity index (χ2v) is 6.57. The predicted octanol–water partition coefficient (Wildman–Crippen LogP) is 3.15. The minimum absolute atomic E-state index is 0.126. The molecule has 0 radical (unpaired) electrons. The lowest BCUT2D eigenvalue weighted by Gasteiger charge is -2.06. The van der Waals surface area contributed by atoms with Gasteiger partial charge in [-0.25, -0.2) is 4.79 Å². The zero-order chi connectivity index (χ0) is 16.7. The van der Waals surface area contributed by atoms with Crippen molar-refractivity contribution in [2.45, 2.75) is 18.2 Å². The van der Waals surface area contributed by atoms with E-state index >= 15 is 0 Å². The minimum Gasteiger partial charge on any atom is -0.450 e. The van der Waals surface area contributed by atoms with Gasteiger partial charge in [-0.15, -0.1) is 10.2 Å². The number of amides is 2. The maximum atomic E-state index is 11.9. The molecule has 0 unspecified atom stereocenters. The van der Waals surface area contributed by atoms with Gasteiger partial charge in [-0.2, -0.15) is 0 Å². The summed E-state index contributed by atoms with van der Waals surface area (Å²) in [7, 11) is 0. The molecule has 7 nitrogen and oxygen atoms in total. The molecule has 1 aromatic heterocycles. The summed E-state index contributed by atoms with van der Waals surface area (Å²) in [5.74, 6) is 0.0851. The highest BCUT2D eigenvalue weighted by Crippen LogP contribution is 2.25. The Morgan fingerprint density at radius 3 is 2.78 bits per heavy atom. The normalized spacial score (nSPS) is 10.2. The van der Waals surface area contributed by atoms with Crippen LogP contribution in [-0.4, -0.2) is 34.6 Å². The van der Waals surface area contributed by atoms with Crippen molar-refractivity contribution in [1.29, 1.82) is 0 Å². The summed E-state index contributed by atoms with van der Waals surface area (Å²) in [6.07, 6.45) is -0.572. The number of hydrogen-bond donors (Lipinski definition) is 2. The van der Waals surface area contributed by atoms with Crippen molar-refractivity contribution in [3.05, 3.63) is 29.8 Å². The lowest BCUT2D eigenvalue weighted by molar-refractivity contribution is -0.113. The molecule has 0 saturated heterocycles. The molecule has 2 amide bonds. The second kappa shape index (κ2) is 8.49. The monoisotopic (exact) mass is 352 g/mol. The second-order valence-electron chi connectivity index (χ2n) is 4.37. The number of anilines is 2. The van der Waals surface area contributed by atoms with E-state index in [1.807, 2.05) is 31.2 Å². The summed E-state index contributed by atoms with van der Waals surface area (Å²) in [4.78, 5) is 23.2. The smallest absolute Gasteiger partial charge is 0.413 e. The van der Waals surface area contributed by atoms with E-state index in [1.165, 1.54) is 23.1 Å². The average Bonchev–Trinajstić information content (AvgIpc) is 2.95. The summed E-state index contributed by atoms with van der Waals surface area (Å²) < 4.78 is 5.34. The SMILES string of the molecule is CCOC(=O)Nc1nnc(SCC(=O)Nc2ccccc2C)s1. The number of ether oxygens (including phenoxy) is 1. The van der Waals surface area contributed by atoms with Crippen LogP contribution in [0, 0.1) is 6.92 Å². The van der Waals surface area contributed by atoms with Crippen LogP contribution in [0.15, 0.2) is 28.6 Å². The zero-order valence-corrected chi connectivity index (χ0v) is 14.3. The van der Waals surface area contributed by atoms with Gasteiger partial charge in [-0.3, -0.25) is 10.1 Å². The number of para-hydroxylation sites is 1. The molecule has 0 aliphatic heterocycles. The Bertz CT molecular complexity index is 690. The van der Waals surface area contributed by atoms with Crippen molar-refractivity contribution >= 4 is 45.9 Å². The summed E-state index contributed by atoms with van der Waals surface area (Å²) in [5.41, 5.74) is 1.79. The van der Waals surface area contributed by atoms with Crippen molar-refractivity contribution in [2.75, 3.05) is 23.0 Å². The van der Waals surface area contributed by atoms with Crippen LogP contribution < -0.4 is 10.6 Å². The van der Waals surface area contributed by atoms with Crippen molar-refractivity contribution in [3.8, 4) is 0 Å². The van der Waals surface area contributed by atoms with E-state index in [0.717, 1.165) is 11.3 Å². The molecule has 1 aromatic carbocycles. The number of hydrogen-bond acceptors (Lipinski definition) is 7. The van der Waals surface area contributed by atoms with Gasteiger partial charge in [-0.05, 0) is 25.5 Å². The largest absolute Gasteiger partial charge is 0.450 e. The number of thioether (sulfide) groups is 1. The van der Waals surface area contributed by atoms with Gasteiger partial charge in [-0.1, -0.05) is 41.3 Å².